The smallest absolute Gasteiger partial charge is 0.416 e. The Morgan fingerprint density at radius 2 is 1.46 bits per heavy atom. The summed E-state index contributed by atoms with van der Waals surface area (Å²) >= 11 is 0. The molecule has 2 aliphatic rings. The molecule has 9 heteroatoms. The lowest BCUT2D eigenvalue weighted by molar-refractivity contribution is -0.137. The van der Waals surface area contributed by atoms with E-state index in [4.69, 9.17) is 4.74 Å². The number of anilines is 2. The van der Waals surface area contributed by atoms with Gasteiger partial charge in [-0.15, -0.1) is 0 Å². The van der Waals surface area contributed by atoms with Crippen molar-refractivity contribution >= 4 is 28.8 Å². The van der Waals surface area contributed by atoms with Gasteiger partial charge in [-0.2, -0.15) is 13.2 Å². The molecule has 2 amide bonds. The number of fused-ring (bicyclic) bond motifs is 1. The Bertz CT molecular complexity index is 1360. The van der Waals surface area contributed by atoms with E-state index in [-0.39, 0.29) is 16.8 Å². The van der Waals surface area contributed by atoms with Crippen LogP contribution in [0.1, 0.15) is 21.5 Å². The number of hydrogen-bond acceptors (Lipinski definition) is 5. The summed E-state index contributed by atoms with van der Waals surface area (Å²) in [4.78, 5) is 31.9. The van der Waals surface area contributed by atoms with Crippen LogP contribution >= 0.6 is 0 Å². The number of imide groups is 1. The minimum atomic E-state index is -4.60. The number of carbonyl (C=O) groups excluding carboxylic acids is 2. The first-order chi connectivity index (χ1) is 17.8. The van der Waals surface area contributed by atoms with Crippen LogP contribution in [0.4, 0.5) is 24.5 Å². The molecule has 3 aromatic carbocycles. The SMILES string of the molecule is COc1ccc(N2CCN(/C=C3/C(=O)N(c4cccc(C(F)(F)F)c4)C(=O)c4ccccc43)CC2)cc1. The Morgan fingerprint density at radius 3 is 2.11 bits per heavy atom. The highest BCUT2D eigenvalue weighted by Crippen LogP contribution is 2.36. The van der Waals surface area contributed by atoms with Gasteiger partial charge in [0, 0.05) is 49.2 Å². The van der Waals surface area contributed by atoms with Gasteiger partial charge >= 0.3 is 6.18 Å². The predicted octanol–water partition coefficient (Wildman–Crippen LogP) is 5.06. The Kier molecular flexibility index (Phi) is 6.37. The molecule has 1 fully saturated rings. The van der Waals surface area contributed by atoms with Crippen LogP contribution in [0.2, 0.25) is 0 Å². The number of hydrogen-bond donors (Lipinski definition) is 0. The molecule has 190 valence electrons. The highest BCUT2D eigenvalue weighted by molar-refractivity contribution is 6.41. The highest BCUT2D eigenvalue weighted by Gasteiger charge is 2.38. The van der Waals surface area contributed by atoms with Gasteiger partial charge in [-0.1, -0.05) is 24.3 Å². The first-order valence-electron chi connectivity index (χ1n) is 11.8. The van der Waals surface area contributed by atoms with E-state index in [1.165, 1.54) is 12.1 Å². The molecule has 37 heavy (non-hydrogen) atoms. The van der Waals surface area contributed by atoms with Crippen molar-refractivity contribution in [3.8, 4) is 5.75 Å². The summed E-state index contributed by atoms with van der Waals surface area (Å²) in [5, 5.41) is 0. The second kappa shape index (κ2) is 9.65. The van der Waals surface area contributed by atoms with Gasteiger partial charge in [-0.3, -0.25) is 9.59 Å². The van der Waals surface area contributed by atoms with Crippen LogP contribution in [0.5, 0.6) is 5.75 Å². The molecule has 3 aromatic rings. The van der Waals surface area contributed by atoms with Crippen LogP contribution in [-0.4, -0.2) is 50.0 Å². The zero-order valence-electron chi connectivity index (χ0n) is 20.0. The minimum Gasteiger partial charge on any atom is -0.497 e. The Balaban J connectivity index is 1.43. The number of benzene rings is 3. The van der Waals surface area contributed by atoms with E-state index in [0.29, 0.717) is 31.7 Å². The van der Waals surface area contributed by atoms with Gasteiger partial charge in [0.05, 0.1) is 23.9 Å². The van der Waals surface area contributed by atoms with Gasteiger partial charge in [-0.25, -0.2) is 4.90 Å². The zero-order chi connectivity index (χ0) is 26.2. The van der Waals surface area contributed by atoms with Crippen molar-refractivity contribution in [2.45, 2.75) is 6.18 Å². The maximum Gasteiger partial charge on any atom is 0.416 e. The van der Waals surface area contributed by atoms with E-state index in [2.05, 4.69) is 4.90 Å². The molecule has 0 unspecified atom stereocenters. The van der Waals surface area contributed by atoms with Crippen molar-refractivity contribution in [3.63, 3.8) is 0 Å². The Morgan fingerprint density at radius 1 is 0.784 bits per heavy atom. The third-order valence-corrected chi connectivity index (χ3v) is 6.58. The number of piperazine rings is 1. The Labute approximate surface area is 212 Å². The average molecular weight is 508 g/mol. The van der Waals surface area contributed by atoms with E-state index in [1.54, 1.807) is 37.6 Å². The number of nitrogens with zero attached hydrogens (tertiary/aromatic N) is 3. The summed E-state index contributed by atoms with van der Waals surface area (Å²) in [6, 6.07) is 18.7. The van der Waals surface area contributed by atoms with Gasteiger partial charge in [0.25, 0.3) is 11.8 Å². The van der Waals surface area contributed by atoms with E-state index in [0.717, 1.165) is 28.5 Å². The minimum absolute atomic E-state index is 0.116. The molecule has 0 aliphatic carbocycles. The van der Waals surface area contributed by atoms with Crippen LogP contribution in [0.15, 0.2) is 79.0 Å². The average Bonchev–Trinajstić information content (AvgIpc) is 2.91. The molecule has 0 atom stereocenters. The maximum atomic E-state index is 13.6. The van der Waals surface area contributed by atoms with Crippen LogP contribution in [0.25, 0.3) is 5.57 Å². The fourth-order valence-corrected chi connectivity index (χ4v) is 4.62. The fourth-order valence-electron chi connectivity index (χ4n) is 4.62. The topological polar surface area (TPSA) is 53.1 Å². The maximum absolute atomic E-state index is 13.6. The largest absolute Gasteiger partial charge is 0.497 e. The van der Waals surface area contributed by atoms with E-state index >= 15 is 0 Å². The molecule has 0 bridgehead atoms. The normalized spacial score (nSPS) is 17.3. The van der Waals surface area contributed by atoms with E-state index < -0.39 is 23.6 Å². The van der Waals surface area contributed by atoms with Gasteiger partial charge in [-0.05, 0) is 48.5 Å². The third-order valence-electron chi connectivity index (χ3n) is 6.58. The summed E-state index contributed by atoms with van der Waals surface area (Å²) in [6.45, 7) is 2.68. The molecule has 2 heterocycles. The third kappa shape index (κ3) is 4.76. The quantitative estimate of drug-likeness (QED) is 0.365. The molecular formula is C28H24F3N3O3. The zero-order valence-corrected chi connectivity index (χ0v) is 20.0. The summed E-state index contributed by atoms with van der Waals surface area (Å²) in [7, 11) is 1.62. The number of rotatable bonds is 4. The number of ether oxygens (including phenoxy) is 1. The Hall–Kier alpha value is -4.27. The van der Waals surface area contributed by atoms with Gasteiger partial charge in [0.2, 0.25) is 0 Å². The standard InChI is InChI=1S/C28H24F3N3O3/c1-37-22-11-9-20(10-12-22)33-15-13-32(14-16-33)18-25-23-7-2-3-8-24(23)26(35)34(27(25)36)21-6-4-5-19(17-21)28(29,30)31/h2-12,17-18H,13-16H2,1H3/b25-18+. The second-order valence-corrected chi connectivity index (χ2v) is 8.80. The molecule has 5 rings (SSSR count). The van der Waals surface area contributed by atoms with Crippen molar-refractivity contribution in [1.82, 2.24) is 4.90 Å². The molecule has 0 spiro atoms. The first kappa shape index (κ1) is 24.4. The lowest BCUT2D eigenvalue weighted by Crippen LogP contribution is -2.46. The number of methoxy groups -OCH3 is 1. The highest BCUT2D eigenvalue weighted by atomic mass is 19.4. The lowest BCUT2D eigenvalue weighted by Gasteiger charge is -2.37. The van der Waals surface area contributed by atoms with E-state index in [9.17, 15) is 22.8 Å². The van der Waals surface area contributed by atoms with Crippen LogP contribution in [-0.2, 0) is 11.0 Å². The molecule has 0 radical (unpaired) electrons. The molecule has 0 saturated carbocycles. The predicted molar refractivity (Wildman–Crippen MR) is 134 cm³/mol. The molecule has 6 nitrogen and oxygen atoms in total. The number of alkyl halides is 3. The van der Waals surface area contributed by atoms with Crippen LogP contribution in [0.3, 0.4) is 0 Å². The fraction of sp³-hybridized carbons (Fsp3) is 0.214. The first-order valence-corrected chi connectivity index (χ1v) is 11.8. The monoisotopic (exact) mass is 507 g/mol. The summed E-state index contributed by atoms with van der Waals surface area (Å²) in [5.74, 6) is -0.525. The van der Waals surface area contributed by atoms with Gasteiger partial charge in [0.1, 0.15) is 5.75 Å². The van der Waals surface area contributed by atoms with E-state index in [1.807, 2.05) is 29.2 Å². The summed E-state index contributed by atoms with van der Waals surface area (Å²) < 4.78 is 45.2. The summed E-state index contributed by atoms with van der Waals surface area (Å²) in [5.41, 5.74) is 1.03. The van der Waals surface area contributed by atoms with Crippen LogP contribution in [0, 0.1) is 0 Å². The van der Waals surface area contributed by atoms with Crippen molar-refractivity contribution in [3.05, 3.63) is 95.7 Å². The molecule has 0 aromatic heterocycles. The van der Waals surface area contributed by atoms with Gasteiger partial charge < -0.3 is 14.5 Å². The van der Waals surface area contributed by atoms with Crippen molar-refractivity contribution in [1.29, 1.82) is 0 Å². The molecule has 1 saturated heterocycles. The molecule has 0 N–H and O–H groups in total. The molecular weight excluding hydrogens is 483 g/mol. The van der Waals surface area contributed by atoms with Crippen molar-refractivity contribution in [2.75, 3.05) is 43.1 Å². The number of amides is 2. The van der Waals surface area contributed by atoms with Crippen molar-refractivity contribution < 1.29 is 27.5 Å². The molecule has 2 aliphatic heterocycles. The lowest BCUT2D eigenvalue weighted by atomic mass is 9.93. The van der Waals surface area contributed by atoms with Gasteiger partial charge in [0.15, 0.2) is 0 Å². The second-order valence-electron chi connectivity index (χ2n) is 8.80. The van der Waals surface area contributed by atoms with Crippen molar-refractivity contribution in [2.24, 2.45) is 0 Å². The number of carbonyl (C=O) groups is 2. The number of halogens is 3. The summed E-state index contributed by atoms with van der Waals surface area (Å²) in [6.07, 6.45) is -2.88. The van der Waals surface area contributed by atoms with Crippen LogP contribution < -0.4 is 14.5 Å².